The number of amides is 2. The summed E-state index contributed by atoms with van der Waals surface area (Å²) in [5.74, 6) is 0. The van der Waals surface area contributed by atoms with Crippen LogP contribution in [0.1, 0.15) is 0 Å². The fourth-order valence-electron chi connectivity index (χ4n) is 2.04. The Morgan fingerprint density at radius 3 is 2.52 bits per heavy atom. The molecule has 2 N–H and O–H groups in total. The van der Waals surface area contributed by atoms with Crippen molar-refractivity contribution in [2.45, 2.75) is 4.90 Å². The molecule has 2 amide bonds. The molecule has 0 spiro atoms. The van der Waals surface area contributed by atoms with Gasteiger partial charge in [0, 0.05) is 23.0 Å². The number of anilines is 2. The van der Waals surface area contributed by atoms with Gasteiger partial charge in [0.25, 0.3) is 0 Å². The van der Waals surface area contributed by atoms with Gasteiger partial charge in [-0.25, -0.2) is 4.79 Å². The molecule has 0 unspecified atom stereocenters. The number of aromatic nitrogens is 2. The quantitative estimate of drug-likeness (QED) is 0.689. The summed E-state index contributed by atoms with van der Waals surface area (Å²) in [5.41, 5.74) is 2.77. The van der Waals surface area contributed by atoms with Gasteiger partial charge in [-0.2, -0.15) is 0 Å². The Bertz CT molecular complexity index is 805. The molecule has 0 aliphatic heterocycles. The van der Waals surface area contributed by atoms with Gasteiger partial charge in [-0.05, 0) is 48.7 Å². The van der Waals surface area contributed by atoms with Crippen LogP contribution < -0.4 is 10.6 Å². The number of nitrogens with one attached hydrogen (secondary N) is 2. The highest BCUT2D eigenvalue weighted by atomic mass is 35.5. The fraction of sp³-hybridized carbons (Fsp3) is 0.0625. The predicted octanol–water partition coefficient (Wildman–Crippen LogP) is 4.42. The fourth-order valence-corrected chi connectivity index (χ4v) is 2.45. The van der Waals surface area contributed by atoms with Crippen LogP contribution in [-0.4, -0.2) is 22.3 Å². The van der Waals surface area contributed by atoms with Crippen molar-refractivity contribution in [1.29, 1.82) is 0 Å². The summed E-state index contributed by atoms with van der Waals surface area (Å²) in [5, 5.41) is 5.60. The predicted molar refractivity (Wildman–Crippen MR) is 97.7 cm³/mol. The first-order valence-corrected chi connectivity index (χ1v) is 7.90. The Kier molecular flexibility index (Phi) is 5.78. The largest absolute Gasteiger partial charge is 0.323 e. The topological polar surface area (TPSA) is 66.9 Å². The number of hydrogen-bond acceptors (Lipinski definition) is 4. The lowest BCUT2D eigenvalue weighted by atomic mass is 10.3. The number of carbonyl (C=O) groups excluding carboxylic acids is 1. The molecule has 7 heteroatoms. The molecular weight excluding hydrogens is 332 g/mol. The van der Waals surface area contributed by atoms with Crippen molar-refractivity contribution in [2.75, 3.05) is 16.9 Å². The molecule has 1 aromatic carbocycles. The van der Waals surface area contributed by atoms with Crippen LogP contribution in [0.4, 0.5) is 16.2 Å². The second-order valence-corrected chi connectivity index (χ2v) is 5.42. The zero-order valence-electron chi connectivity index (χ0n) is 12.3. The lowest BCUT2D eigenvalue weighted by Gasteiger charge is -2.09. The van der Waals surface area contributed by atoms with Gasteiger partial charge < -0.3 is 10.6 Å². The summed E-state index contributed by atoms with van der Waals surface area (Å²) < 4.78 is 0. The van der Waals surface area contributed by atoms with Crippen molar-refractivity contribution in [2.24, 2.45) is 0 Å². The molecule has 5 nitrogen and oxygen atoms in total. The van der Waals surface area contributed by atoms with Gasteiger partial charge in [0.2, 0.25) is 0 Å². The van der Waals surface area contributed by atoms with E-state index in [1.54, 1.807) is 30.2 Å². The number of pyridine rings is 2. The van der Waals surface area contributed by atoms with Crippen LogP contribution >= 0.6 is 24.2 Å². The summed E-state index contributed by atoms with van der Waals surface area (Å²) in [6, 6.07) is 12.7. The standard InChI is InChI=1S/C16H14N4OS.ClH/c1-22-12-6-4-11(5-7-12)19-16(21)20-14-8-10-17-13-3-2-9-18-15(13)14;/h2-10H,1H3,(H2,17,19,20,21);1H. The van der Waals surface area contributed by atoms with Crippen molar-refractivity contribution >= 4 is 52.6 Å². The van der Waals surface area contributed by atoms with Crippen LogP contribution in [0.3, 0.4) is 0 Å². The monoisotopic (exact) mass is 346 g/mol. The molecule has 3 aromatic rings. The SMILES string of the molecule is CSc1ccc(NC(=O)Nc2ccnc3cccnc23)cc1.Cl. The minimum Gasteiger partial charge on any atom is -0.308 e. The molecule has 23 heavy (non-hydrogen) atoms. The number of urea groups is 1. The molecular formula is C16H15ClN4OS. The van der Waals surface area contributed by atoms with Crippen LogP contribution in [-0.2, 0) is 0 Å². The highest BCUT2D eigenvalue weighted by Crippen LogP contribution is 2.20. The van der Waals surface area contributed by atoms with Gasteiger partial charge in [-0.1, -0.05) is 0 Å². The number of carbonyl (C=O) groups is 1. The normalized spacial score (nSPS) is 9.96. The lowest BCUT2D eigenvalue weighted by molar-refractivity contribution is 0.262. The summed E-state index contributed by atoms with van der Waals surface area (Å²) in [6.45, 7) is 0. The molecule has 2 aromatic heterocycles. The van der Waals surface area contributed by atoms with E-state index >= 15 is 0 Å². The van der Waals surface area contributed by atoms with Crippen LogP contribution in [0.15, 0.2) is 59.8 Å². The summed E-state index contributed by atoms with van der Waals surface area (Å²) in [7, 11) is 0. The number of hydrogen-bond donors (Lipinski definition) is 2. The molecule has 0 fully saturated rings. The number of nitrogens with zero attached hydrogens (tertiary/aromatic N) is 2. The summed E-state index contributed by atoms with van der Waals surface area (Å²) in [4.78, 5) is 21.7. The Morgan fingerprint density at radius 2 is 1.78 bits per heavy atom. The first-order chi connectivity index (χ1) is 10.8. The van der Waals surface area contributed by atoms with E-state index in [0.717, 1.165) is 16.1 Å². The van der Waals surface area contributed by atoms with Gasteiger partial charge in [0.15, 0.2) is 0 Å². The van der Waals surface area contributed by atoms with E-state index in [1.165, 1.54) is 0 Å². The Morgan fingerprint density at radius 1 is 1.00 bits per heavy atom. The number of benzene rings is 1. The first-order valence-electron chi connectivity index (χ1n) is 6.68. The average molecular weight is 347 g/mol. The lowest BCUT2D eigenvalue weighted by Crippen LogP contribution is -2.19. The number of fused-ring (bicyclic) bond motifs is 1. The van der Waals surface area contributed by atoms with E-state index < -0.39 is 0 Å². The van der Waals surface area contributed by atoms with E-state index in [2.05, 4.69) is 20.6 Å². The van der Waals surface area contributed by atoms with E-state index in [4.69, 9.17) is 0 Å². The Balaban J connectivity index is 0.00000192. The molecule has 3 rings (SSSR count). The second-order valence-electron chi connectivity index (χ2n) is 4.54. The van der Waals surface area contributed by atoms with Crippen molar-refractivity contribution < 1.29 is 4.79 Å². The third-order valence-electron chi connectivity index (χ3n) is 3.09. The highest BCUT2D eigenvalue weighted by molar-refractivity contribution is 7.98. The minimum absolute atomic E-state index is 0. The van der Waals surface area contributed by atoms with E-state index in [9.17, 15) is 4.79 Å². The molecule has 0 aliphatic rings. The molecule has 0 atom stereocenters. The maximum Gasteiger partial charge on any atom is 0.323 e. The number of thioether (sulfide) groups is 1. The Hall–Kier alpha value is -2.31. The average Bonchev–Trinajstić information content (AvgIpc) is 2.56. The molecule has 2 heterocycles. The van der Waals surface area contributed by atoms with Crippen molar-refractivity contribution in [3.63, 3.8) is 0 Å². The Labute approximate surface area is 144 Å². The molecule has 118 valence electrons. The van der Waals surface area contributed by atoms with E-state index in [0.29, 0.717) is 11.2 Å². The summed E-state index contributed by atoms with van der Waals surface area (Å²) >= 11 is 1.66. The van der Waals surface area contributed by atoms with Crippen molar-refractivity contribution in [1.82, 2.24) is 9.97 Å². The zero-order chi connectivity index (χ0) is 15.4. The van der Waals surface area contributed by atoms with Gasteiger partial charge in [0.1, 0.15) is 5.52 Å². The van der Waals surface area contributed by atoms with Crippen LogP contribution in [0.25, 0.3) is 11.0 Å². The third kappa shape index (κ3) is 4.12. The van der Waals surface area contributed by atoms with E-state index in [-0.39, 0.29) is 18.4 Å². The first kappa shape index (κ1) is 17.1. The van der Waals surface area contributed by atoms with Crippen LogP contribution in [0.5, 0.6) is 0 Å². The van der Waals surface area contributed by atoms with Gasteiger partial charge >= 0.3 is 6.03 Å². The van der Waals surface area contributed by atoms with E-state index in [1.807, 2.05) is 42.7 Å². The van der Waals surface area contributed by atoms with Gasteiger partial charge in [-0.15, -0.1) is 24.2 Å². The minimum atomic E-state index is -0.310. The molecule has 0 saturated carbocycles. The van der Waals surface area contributed by atoms with Crippen LogP contribution in [0.2, 0.25) is 0 Å². The maximum atomic E-state index is 12.1. The maximum absolute atomic E-state index is 12.1. The van der Waals surface area contributed by atoms with Gasteiger partial charge in [0.05, 0.1) is 11.2 Å². The second kappa shape index (κ2) is 7.80. The number of halogens is 1. The summed E-state index contributed by atoms with van der Waals surface area (Å²) in [6.07, 6.45) is 5.33. The highest BCUT2D eigenvalue weighted by Gasteiger charge is 2.07. The van der Waals surface area contributed by atoms with Crippen molar-refractivity contribution in [3.8, 4) is 0 Å². The molecule has 0 bridgehead atoms. The third-order valence-corrected chi connectivity index (χ3v) is 3.84. The van der Waals surface area contributed by atoms with Gasteiger partial charge in [-0.3, -0.25) is 9.97 Å². The van der Waals surface area contributed by atoms with Crippen molar-refractivity contribution in [3.05, 3.63) is 54.9 Å². The smallest absolute Gasteiger partial charge is 0.308 e. The zero-order valence-corrected chi connectivity index (χ0v) is 13.9. The number of rotatable bonds is 3. The molecule has 0 aliphatic carbocycles. The molecule has 0 saturated heterocycles. The van der Waals surface area contributed by atoms with Crippen LogP contribution in [0, 0.1) is 0 Å². The molecule has 0 radical (unpaired) electrons.